The number of hydrogen-bond donors (Lipinski definition) is 1. The molecular weight excluding hydrogens is 258 g/mol. The molecule has 2 heterocycles. The first-order chi connectivity index (χ1) is 9.34. The molecule has 0 radical (unpaired) electrons. The van der Waals surface area contributed by atoms with E-state index in [2.05, 4.69) is 29.6 Å². The number of amides is 2. The molecule has 2 aliphatic rings. The normalized spacial score (nSPS) is 19.8. The van der Waals surface area contributed by atoms with Crippen molar-refractivity contribution in [2.45, 2.75) is 11.4 Å². The number of nitrogens with one attached hydrogen (secondary N) is 1. The molecule has 4 nitrogen and oxygen atoms in total. The van der Waals surface area contributed by atoms with Crippen molar-refractivity contribution in [1.82, 2.24) is 15.1 Å². The van der Waals surface area contributed by atoms with Crippen LogP contribution in [-0.2, 0) is 6.54 Å². The fourth-order valence-corrected chi connectivity index (χ4v) is 3.57. The van der Waals surface area contributed by atoms with E-state index >= 15 is 0 Å². The summed E-state index contributed by atoms with van der Waals surface area (Å²) in [5, 5.41) is 3.28. The van der Waals surface area contributed by atoms with Crippen molar-refractivity contribution in [2.24, 2.45) is 0 Å². The average molecular weight is 277 g/mol. The van der Waals surface area contributed by atoms with E-state index in [-0.39, 0.29) is 6.03 Å². The van der Waals surface area contributed by atoms with E-state index in [1.54, 1.807) is 0 Å². The summed E-state index contributed by atoms with van der Waals surface area (Å²) in [6, 6.07) is 8.60. The Labute approximate surface area is 118 Å². The van der Waals surface area contributed by atoms with Crippen LogP contribution in [0.3, 0.4) is 0 Å². The Morgan fingerprint density at radius 3 is 2.74 bits per heavy atom. The molecule has 0 unspecified atom stereocenters. The number of benzene rings is 1. The standard InChI is InChI=1S/C14H19N3OS/c18-14(16-7-5-15-6-8-16)17-9-10-19-13-4-2-1-3-12(13)11-17/h1-4,15H,5-11H2. The van der Waals surface area contributed by atoms with Crippen molar-refractivity contribution < 1.29 is 4.79 Å². The third kappa shape index (κ3) is 2.87. The fourth-order valence-electron chi connectivity index (χ4n) is 2.55. The minimum absolute atomic E-state index is 0.193. The molecule has 1 fully saturated rings. The third-order valence-electron chi connectivity index (χ3n) is 3.61. The lowest BCUT2D eigenvalue weighted by Crippen LogP contribution is -2.51. The van der Waals surface area contributed by atoms with E-state index in [1.165, 1.54) is 10.5 Å². The van der Waals surface area contributed by atoms with Crippen LogP contribution in [0.5, 0.6) is 0 Å². The van der Waals surface area contributed by atoms with E-state index in [0.29, 0.717) is 0 Å². The zero-order valence-corrected chi connectivity index (χ0v) is 11.8. The van der Waals surface area contributed by atoms with Crippen molar-refractivity contribution in [2.75, 3.05) is 38.5 Å². The Hall–Kier alpha value is -1.20. The highest BCUT2D eigenvalue weighted by atomic mass is 32.2. The number of urea groups is 1. The first kappa shape index (κ1) is 12.8. The van der Waals surface area contributed by atoms with Crippen molar-refractivity contribution >= 4 is 17.8 Å². The molecule has 1 aromatic carbocycles. The topological polar surface area (TPSA) is 35.6 Å². The number of thioether (sulfide) groups is 1. The molecule has 2 aliphatic heterocycles. The second-order valence-corrected chi connectivity index (χ2v) is 6.03. The van der Waals surface area contributed by atoms with Crippen LogP contribution in [0.4, 0.5) is 4.79 Å². The van der Waals surface area contributed by atoms with Gasteiger partial charge in [-0.3, -0.25) is 0 Å². The molecule has 3 rings (SSSR count). The lowest BCUT2D eigenvalue weighted by Gasteiger charge is -2.32. The number of piperazine rings is 1. The number of nitrogens with zero attached hydrogens (tertiary/aromatic N) is 2. The van der Waals surface area contributed by atoms with Crippen LogP contribution in [0.15, 0.2) is 29.2 Å². The van der Waals surface area contributed by atoms with E-state index in [1.807, 2.05) is 21.6 Å². The van der Waals surface area contributed by atoms with Gasteiger partial charge in [0, 0.05) is 49.9 Å². The number of carbonyl (C=O) groups is 1. The third-order valence-corrected chi connectivity index (χ3v) is 4.71. The summed E-state index contributed by atoms with van der Waals surface area (Å²) in [5.41, 5.74) is 1.27. The Bertz CT molecular complexity index is 460. The van der Waals surface area contributed by atoms with Gasteiger partial charge in [-0.1, -0.05) is 18.2 Å². The van der Waals surface area contributed by atoms with Gasteiger partial charge in [0.05, 0.1) is 0 Å². The maximum absolute atomic E-state index is 12.5. The molecule has 5 heteroatoms. The SMILES string of the molecule is O=C(N1CCNCC1)N1CCSc2ccccc2C1. The van der Waals surface area contributed by atoms with Crippen molar-refractivity contribution in [3.8, 4) is 0 Å². The largest absolute Gasteiger partial charge is 0.322 e. The molecule has 1 saturated heterocycles. The lowest BCUT2D eigenvalue weighted by atomic mass is 10.2. The molecule has 0 bridgehead atoms. The summed E-state index contributed by atoms with van der Waals surface area (Å²) >= 11 is 1.85. The van der Waals surface area contributed by atoms with Crippen LogP contribution in [0, 0.1) is 0 Å². The quantitative estimate of drug-likeness (QED) is 0.783. The number of rotatable bonds is 0. The van der Waals surface area contributed by atoms with Crippen LogP contribution in [0.25, 0.3) is 0 Å². The molecule has 102 valence electrons. The second kappa shape index (κ2) is 5.84. The Kier molecular flexibility index (Phi) is 3.94. The highest BCUT2D eigenvalue weighted by molar-refractivity contribution is 7.99. The van der Waals surface area contributed by atoms with E-state index in [9.17, 15) is 4.79 Å². The molecule has 2 amide bonds. The van der Waals surface area contributed by atoms with Gasteiger partial charge in [-0.25, -0.2) is 4.79 Å². The smallest absolute Gasteiger partial charge is 0.320 e. The second-order valence-electron chi connectivity index (χ2n) is 4.90. The highest BCUT2D eigenvalue weighted by Crippen LogP contribution is 2.27. The minimum atomic E-state index is 0.193. The molecule has 1 N–H and O–H groups in total. The summed E-state index contributed by atoms with van der Waals surface area (Å²) in [4.78, 5) is 17.8. The summed E-state index contributed by atoms with van der Waals surface area (Å²) in [7, 11) is 0. The predicted octanol–water partition coefficient (Wildman–Crippen LogP) is 1.62. The van der Waals surface area contributed by atoms with Gasteiger partial charge in [-0.05, 0) is 11.6 Å². The van der Waals surface area contributed by atoms with Crippen LogP contribution < -0.4 is 5.32 Å². The molecule has 0 aromatic heterocycles. The fraction of sp³-hybridized carbons (Fsp3) is 0.500. The Balaban J connectivity index is 1.73. The summed E-state index contributed by atoms with van der Waals surface area (Å²) in [6.45, 7) is 5.04. The summed E-state index contributed by atoms with van der Waals surface area (Å²) < 4.78 is 0. The molecule has 0 spiro atoms. The lowest BCUT2D eigenvalue weighted by molar-refractivity contribution is 0.147. The predicted molar refractivity (Wildman–Crippen MR) is 77.4 cm³/mol. The van der Waals surface area contributed by atoms with Crippen LogP contribution in [0.2, 0.25) is 0 Å². The number of hydrogen-bond acceptors (Lipinski definition) is 3. The first-order valence-electron chi connectivity index (χ1n) is 6.80. The molecule has 0 atom stereocenters. The van der Waals surface area contributed by atoms with Gasteiger partial charge in [0.1, 0.15) is 0 Å². The Morgan fingerprint density at radius 1 is 1.11 bits per heavy atom. The van der Waals surface area contributed by atoms with Gasteiger partial charge in [-0.15, -0.1) is 11.8 Å². The minimum Gasteiger partial charge on any atom is -0.322 e. The Morgan fingerprint density at radius 2 is 1.89 bits per heavy atom. The maximum atomic E-state index is 12.5. The van der Waals surface area contributed by atoms with E-state index in [0.717, 1.165) is 45.0 Å². The van der Waals surface area contributed by atoms with Gasteiger partial charge < -0.3 is 15.1 Å². The van der Waals surface area contributed by atoms with Crippen molar-refractivity contribution in [3.63, 3.8) is 0 Å². The van der Waals surface area contributed by atoms with Gasteiger partial charge in [0.2, 0.25) is 0 Å². The van der Waals surface area contributed by atoms with Crippen molar-refractivity contribution in [3.05, 3.63) is 29.8 Å². The number of carbonyl (C=O) groups excluding carboxylic acids is 1. The highest BCUT2D eigenvalue weighted by Gasteiger charge is 2.24. The van der Waals surface area contributed by atoms with Crippen LogP contribution >= 0.6 is 11.8 Å². The molecule has 0 aliphatic carbocycles. The zero-order valence-electron chi connectivity index (χ0n) is 11.0. The average Bonchev–Trinajstić information content (AvgIpc) is 2.69. The first-order valence-corrected chi connectivity index (χ1v) is 7.78. The monoisotopic (exact) mass is 277 g/mol. The van der Waals surface area contributed by atoms with Gasteiger partial charge in [-0.2, -0.15) is 0 Å². The zero-order chi connectivity index (χ0) is 13.1. The van der Waals surface area contributed by atoms with Crippen LogP contribution in [0.1, 0.15) is 5.56 Å². The maximum Gasteiger partial charge on any atom is 0.320 e. The van der Waals surface area contributed by atoms with Crippen LogP contribution in [-0.4, -0.2) is 54.3 Å². The molecule has 1 aromatic rings. The summed E-state index contributed by atoms with van der Waals surface area (Å²) in [5.74, 6) is 0.981. The van der Waals surface area contributed by atoms with Gasteiger partial charge in [0.25, 0.3) is 0 Å². The molecular formula is C14H19N3OS. The van der Waals surface area contributed by atoms with E-state index in [4.69, 9.17) is 0 Å². The molecule has 0 saturated carbocycles. The van der Waals surface area contributed by atoms with Crippen molar-refractivity contribution in [1.29, 1.82) is 0 Å². The van der Waals surface area contributed by atoms with Gasteiger partial charge in [0.15, 0.2) is 0 Å². The number of fused-ring (bicyclic) bond motifs is 1. The van der Waals surface area contributed by atoms with Gasteiger partial charge >= 0.3 is 6.03 Å². The summed E-state index contributed by atoms with van der Waals surface area (Å²) in [6.07, 6.45) is 0. The van der Waals surface area contributed by atoms with E-state index < -0.39 is 0 Å². The molecule has 19 heavy (non-hydrogen) atoms.